The van der Waals surface area contributed by atoms with E-state index in [0.717, 1.165) is 11.3 Å². The topological polar surface area (TPSA) is 49.4 Å². The third-order valence-electron chi connectivity index (χ3n) is 4.34. The Balaban J connectivity index is 1.64. The highest BCUT2D eigenvalue weighted by molar-refractivity contribution is 6.31. The van der Waals surface area contributed by atoms with Gasteiger partial charge >= 0.3 is 0 Å². The minimum Gasteiger partial charge on any atom is -0.322 e. The van der Waals surface area contributed by atoms with Crippen molar-refractivity contribution in [3.8, 4) is 0 Å². The molecule has 0 spiro atoms. The molecule has 0 bridgehead atoms. The number of hydrogen-bond acceptors (Lipinski definition) is 2. The van der Waals surface area contributed by atoms with Gasteiger partial charge in [0.15, 0.2) is 0 Å². The minimum absolute atomic E-state index is 0.0319. The van der Waals surface area contributed by atoms with Crippen molar-refractivity contribution < 1.29 is 9.59 Å². The summed E-state index contributed by atoms with van der Waals surface area (Å²) in [5, 5.41) is 3.35. The van der Waals surface area contributed by atoms with E-state index in [2.05, 4.69) is 5.32 Å². The van der Waals surface area contributed by atoms with Crippen LogP contribution in [0.3, 0.4) is 0 Å². The SMILES string of the molecule is CCN(C(=O)Cc1ccc(NC(=O)c2cccc(Cl)c2)cc1)c1ccccc1. The lowest BCUT2D eigenvalue weighted by atomic mass is 10.1. The van der Waals surface area contributed by atoms with Crippen LogP contribution >= 0.6 is 11.6 Å². The van der Waals surface area contributed by atoms with Crippen LogP contribution in [0.4, 0.5) is 11.4 Å². The molecule has 3 aromatic carbocycles. The molecular formula is C23H21ClN2O2. The van der Waals surface area contributed by atoms with E-state index in [1.165, 1.54) is 0 Å². The normalized spacial score (nSPS) is 10.4. The summed E-state index contributed by atoms with van der Waals surface area (Å²) in [7, 11) is 0. The summed E-state index contributed by atoms with van der Waals surface area (Å²) in [6.45, 7) is 2.57. The van der Waals surface area contributed by atoms with E-state index in [4.69, 9.17) is 11.6 Å². The monoisotopic (exact) mass is 392 g/mol. The van der Waals surface area contributed by atoms with E-state index in [1.54, 1.807) is 41.3 Å². The number of nitrogens with zero attached hydrogens (tertiary/aromatic N) is 1. The number of rotatable bonds is 6. The Morgan fingerprint density at radius 1 is 0.929 bits per heavy atom. The summed E-state index contributed by atoms with van der Waals surface area (Å²) in [4.78, 5) is 26.7. The van der Waals surface area contributed by atoms with Crippen LogP contribution in [0.15, 0.2) is 78.9 Å². The Morgan fingerprint density at radius 2 is 1.64 bits per heavy atom. The van der Waals surface area contributed by atoms with E-state index in [0.29, 0.717) is 29.2 Å². The number of amides is 2. The highest BCUT2D eigenvalue weighted by Gasteiger charge is 2.14. The van der Waals surface area contributed by atoms with Crippen molar-refractivity contribution in [3.63, 3.8) is 0 Å². The van der Waals surface area contributed by atoms with Crippen LogP contribution in [0.1, 0.15) is 22.8 Å². The zero-order chi connectivity index (χ0) is 19.9. The van der Waals surface area contributed by atoms with Gasteiger partial charge in [0.05, 0.1) is 6.42 Å². The Kier molecular flexibility index (Phi) is 6.45. The van der Waals surface area contributed by atoms with Gasteiger partial charge in [-0.3, -0.25) is 9.59 Å². The van der Waals surface area contributed by atoms with Crippen molar-refractivity contribution in [2.45, 2.75) is 13.3 Å². The molecule has 0 heterocycles. The average molecular weight is 393 g/mol. The number of nitrogens with one attached hydrogen (secondary N) is 1. The van der Waals surface area contributed by atoms with E-state index in [-0.39, 0.29) is 11.8 Å². The number of para-hydroxylation sites is 1. The molecule has 0 saturated carbocycles. The summed E-state index contributed by atoms with van der Waals surface area (Å²) in [5.41, 5.74) is 2.94. The molecule has 0 aromatic heterocycles. The van der Waals surface area contributed by atoms with E-state index < -0.39 is 0 Å². The fraction of sp³-hybridized carbons (Fsp3) is 0.130. The molecule has 0 aliphatic rings. The molecule has 3 rings (SSSR count). The van der Waals surface area contributed by atoms with Crippen molar-refractivity contribution in [2.75, 3.05) is 16.8 Å². The van der Waals surface area contributed by atoms with Gasteiger partial charge in [-0.05, 0) is 55.0 Å². The van der Waals surface area contributed by atoms with Crippen molar-refractivity contribution in [2.24, 2.45) is 0 Å². The molecule has 0 fully saturated rings. The fourth-order valence-corrected chi connectivity index (χ4v) is 3.11. The Hall–Kier alpha value is -3.11. The van der Waals surface area contributed by atoms with Gasteiger partial charge in [-0.2, -0.15) is 0 Å². The number of halogens is 1. The van der Waals surface area contributed by atoms with Crippen LogP contribution < -0.4 is 10.2 Å². The number of carbonyl (C=O) groups excluding carboxylic acids is 2. The lowest BCUT2D eigenvalue weighted by Crippen LogP contribution is -2.31. The highest BCUT2D eigenvalue weighted by atomic mass is 35.5. The second-order valence-corrected chi connectivity index (χ2v) is 6.75. The van der Waals surface area contributed by atoms with Crippen LogP contribution in [0, 0.1) is 0 Å². The largest absolute Gasteiger partial charge is 0.322 e. The first-order valence-electron chi connectivity index (χ1n) is 9.08. The molecule has 5 heteroatoms. The molecule has 0 unspecified atom stereocenters. The lowest BCUT2D eigenvalue weighted by molar-refractivity contribution is -0.117. The quantitative estimate of drug-likeness (QED) is 0.627. The molecular weight excluding hydrogens is 372 g/mol. The van der Waals surface area contributed by atoms with Crippen molar-refractivity contribution in [1.82, 2.24) is 0 Å². The van der Waals surface area contributed by atoms with Gasteiger partial charge in [-0.25, -0.2) is 0 Å². The second-order valence-electron chi connectivity index (χ2n) is 6.31. The van der Waals surface area contributed by atoms with Crippen molar-refractivity contribution in [3.05, 3.63) is 95.0 Å². The third-order valence-corrected chi connectivity index (χ3v) is 4.57. The summed E-state index contributed by atoms with van der Waals surface area (Å²) in [6, 6.07) is 23.7. The van der Waals surface area contributed by atoms with E-state index in [1.807, 2.05) is 49.4 Å². The molecule has 3 aromatic rings. The van der Waals surface area contributed by atoms with Crippen molar-refractivity contribution in [1.29, 1.82) is 0 Å². The molecule has 0 aliphatic carbocycles. The maximum Gasteiger partial charge on any atom is 0.255 e. The number of carbonyl (C=O) groups is 2. The summed E-state index contributed by atoms with van der Waals surface area (Å²) < 4.78 is 0. The van der Waals surface area contributed by atoms with Gasteiger partial charge in [0.2, 0.25) is 5.91 Å². The van der Waals surface area contributed by atoms with Crippen LogP contribution in [-0.4, -0.2) is 18.4 Å². The van der Waals surface area contributed by atoms with Gasteiger partial charge in [0, 0.05) is 28.5 Å². The van der Waals surface area contributed by atoms with Gasteiger partial charge in [0.25, 0.3) is 5.91 Å². The summed E-state index contributed by atoms with van der Waals surface area (Å²) in [6.07, 6.45) is 0.297. The molecule has 142 valence electrons. The smallest absolute Gasteiger partial charge is 0.255 e. The van der Waals surface area contributed by atoms with Gasteiger partial charge < -0.3 is 10.2 Å². The maximum absolute atomic E-state index is 12.7. The Bertz CT molecular complexity index is 956. The highest BCUT2D eigenvalue weighted by Crippen LogP contribution is 2.17. The predicted molar refractivity (Wildman–Crippen MR) is 114 cm³/mol. The van der Waals surface area contributed by atoms with Crippen molar-refractivity contribution >= 4 is 34.8 Å². The molecule has 28 heavy (non-hydrogen) atoms. The summed E-state index contributed by atoms with van der Waals surface area (Å²) in [5.74, 6) is -0.197. The average Bonchev–Trinajstić information content (AvgIpc) is 2.71. The molecule has 0 aliphatic heterocycles. The fourth-order valence-electron chi connectivity index (χ4n) is 2.92. The first-order valence-corrected chi connectivity index (χ1v) is 9.46. The minimum atomic E-state index is -0.229. The molecule has 0 atom stereocenters. The number of anilines is 2. The number of benzene rings is 3. The van der Waals surface area contributed by atoms with Gasteiger partial charge in [-0.1, -0.05) is 48.0 Å². The standard InChI is InChI=1S/C23H21ClN2O2/c1-2-26(21-9-4-3-5-10-21)22(27)15-17-11-13-20(14-12-17)25-23(28)18-7-6-8-19(24)16-18/h3-14,16H,2,15H2,1H3,(H,25,28). The van der Waals surface area contributed by atoms with E-state index in [9.17, 15) is 9.59 Å². The number of hydrogen-bond donors (Lipinski definition) is 1. The first kappa shape index (κ1) is 19.6. The molecule has 4 nitrogen and oxygen atoms in total. The Morgan fingerprint density at radius 3 is 2.29 bits per heavy atom. The predicted octanol–water partition coefficient (Wildman–Crippen LogP) is 5.19. The van der Waals surface area contributed by atoms with E-state index >= 15 is 0 Å². The van der Waals surface area contributed by atoms with Crippen LogP contribution in [0.2, 0.25) is 5.02 Å². The molecule has 0 saturated heterocycles. The zero-order valence-electron chi connectivity index (χ0n) is 15.6. The maximum atomic E-state index is 12.7. The molecule has 2 amide bonds. The number of likely N-dealkylation sites (N-methyl/N-ethyl adjacent to an activating group) is 1. The lowest BCUT2D eigenvalue weighted by Gasteiger charge is -2.21. The Labute approximate surface area is 169 Å². The van der Waals surface area contributed by atoms with Crippen LogP contribution in [-0.2, 0) is 11.2 Å². The molecule has 0 radical (unpaired) electrons. The van der Waals surface area contributed by atoms with Crippen LogP contribution in [0.25, 0.3) is 0 Å². The van der Waals surface area contributed by atoms with Gasteiger partial charge in [-0.15, -0.1) is 0 Å². The summed E-state index contributed by atoms with van der Waals surface area (Å²) >= 11 is 5.93. The molecule has 1 N–H and O–H groups in total. The first-order chi connectivity index (χ1) is 13.6. The van der Waals surface area contributed by atoms with Crippen LogP contribution in [0.5, 0.6) is 0 Å². The second kappa shape index (κ2) is 9.20. The zero-order valence-corrected chi connectivity index (χ0v) is 16.3. The van der Waals surface area contributed by atoms with Gasteiger partial charge in [0.1, 0.15) is 0 Å². The third kappa shape index (κ3) is 4.99.